The number of nitrogens with one attached hydrogen (secondary N) is 2. The molecule has 0 unspecified atom stereocenters. The highest BCUT2D eigenvalue weighted by molar-refractivity contribution is 8.13. The SMILES string of the molecule is Cc1ccc(=N)n(C(=N)Sc2ccc3ncc(C(C=NC4CN(C(C)C)C4)=CN)cc3c2)n1. The smallest absolute Gasteiger partial charge is 0.188 e. The summed E-state index contributed by atoms with van der Waals surface area (Å²) >= 11 is 1.25. The van der Waals surface area contributed by atoms with Crippen molar-refractivity contribution in [2.24, 2.45) is 10.7 Å². The minimum atomic E-state index is 0.165. The van der Waals surface area contributed by atoms with E-state index in [-0.39, 0.29) is 10.7 Å². The molecule has 0 aliphatic carbocycles. The highest BCUT2D eigenvalue weighted by atomic mass is 32.2. The van der Waals surface area contributed by atoms with Crippen LogP contribution in [0.15, 0.2) is 58.7 Å². The Hall–Kier alpha value is -3.30. The third-order valence-corrected chi connectivity index (χ3v) is 6.44. The molecule has 4 N–H and O–H groups in total. The molecule has 3 aromatic rings. The van der Waals surface area contributed by atoms with Crippen LogP contribution >= 0.6 is 11.8 Å². The van der Waals surface area contributed by atoms with E-state index in [9.17, 15) is 0 Å². The molecule has 9 heteroatoms. The quantitative estimate of drug-likeness (QED) is 0.307. The zero-order valence-electron chi connectivity index (χ0n) is 19.0. The summed E-state index contributed by atoms with van der Waals surface area (Å²) in [7, 11) is 0. The Morgan fingerprint density at radius 3 is 2.76 bits per heavy atom. The summed E-state index contributed by atoms with van der Waals surface area (Å²) in [4.78, 5) is 12.5. The van der Waals surface area contributed by atoms with Crippen molar-refractivity contribution in [3.05, 3.63) is 65.5 Å². The lowest BCUT2D eigenvalue weighted by atomic mass is 10.1. The molecule has 1 aromatic carbocycles. The molecular weight excluding hydrogens is 432 g/mol. The number of hydrogen-bond donors (Lipinski definition) is 3. The average Bonchev–Trinajstić information content (AvgIpc) is 2.76. The highest BCUT2D eigenvalue weighted by Gasteiger charge is 2.27. The van der Waals surface area contributed by atoms with E-state index in [2.05, 4.69) is 28.8 Å². The van der Waals surface area contributed by atoms with Gasteiger partial charge in [-0.05, 0) is 57.2 Å². The van der Waals surface area contributed by atoms with Crippen LogP contribution < -0.4 is 11.2 Å². The third-order valence-electron chi connectivity index (χ3n) is 5.59. The Bertz CT molecular complexity index is 1300. The number of likely N-dealkylation sites (tertiary alicyclic amines) is 1. The van der Waals surface area contributed by atoms with Gasteiger partial charge >= 0.3 is 0 Å². The topological polar surface area (TPSA) is 120 Å². The van der Waals surface area contributed by atoms with Crippen molar-refractivity contribution in [3.63, 3.8) is 0 Å². The fourth-order valence-corrected chi connectivity index (χ4v) is 4.33. The van der Waals surface area contributed by atoms with E-state index in [1.165, 1.54) is 16.4 Å². The Kier molecular flexibility index (Phi) is 6.71. The van der Waals surface area contributed by atoms with Gasteiger partial charge in [0.2, 0.25) is 0 Å². The Morgan fingerprint density at radius 1 is 1.24 bits per heavy atom. The normalized spacial score (nSPS) is 15.5. The highest BCUT2D eigenvalue weighted by Crippen LogP contribution is 2.26. The Morgan fingerprint density at radius 2 is 2.03 bits per heavy atom. The summed E-state index contributed by atoms with van der Waals surface area (Å²) < 4.78 is 1.32. The number of rotatable bonds is 5. The molecule has 0 amide bonds. The van der Waals surface area contributed by atoms with Crippen LogP contribution in [0, 0.1) is 17.7 Å². The molecule has 0 spiro atoms. The van der Waals surface area contributed by atoms with Crippen LogP contribution in [0.3, 0.4) is 0 Å². The molecule has 0 bridgehead atoms. The van der Waals surface area contributed by atoms with Crippen LogP contribution in [0.5, 0.6) is 0 Å². The number of aromatic nitrogens is 3. The number of thioether (sulfide) groups is 1. The van der Waals surface area contributed by atoms with Gasteiger partial charge in [-0.15, -0.1) is 0 Å². The molecule has 3 heterocycles. The van der Waals surface area contributed by atoms with E-state index in [1.807, 2.05) is 43.6 Å². The summed E-state index contributed by atoms with van der Waals surface area (Å²) in [5.41, 5.74) is 9.42. The maximum Gasteiger partial charge on any atom is 0.188 e. The molecular formula is C24H28N8S. The molecule has 8 nitrogen and oxygen atoms in total. The van der Waals surface area contributed by atoms with Crippen molar-refractivity contribution in [2.75, 3.05) is 13.1 Å². The van der Waals surface area contributed by atoms with Gasteiger partial charge in [-0.1, -0.05) is 11.8 Å². The molecule has 1 aliphatic rings. The third kappa shape index (κ3) is 5.20. The first-order valence-corrected chi connectivity index (χ1v) is 11.6. The van der Waals surface area contributed by atoms with Crippen LogP contribution in [-0.4, -0.2) is 56.2 Å². The van der Waals surface area contributed by atoms with E-state index in [4.69, 9.17) is 21.5 Å². The fraction of sp³-hybridized carbons (Fsp3) is 0.292. The van der Waals surface area contributed by atoms with Gasteiger partial charge in [-0.25, -0.2) is 0 Å². The molecule has 0 atom stereocenters. The predicted octanol–water partition coefficient (Wildman–Crippen LogP) is 3.26. The number of benzene rings is 1. The summed E-state index contributed by atoms with van der Waals surface area (Å²) in [6.07, 6.45) is 5.21. The first-order chi connectivity index (χ1) is 15.8. The van der Waals surface area contributed by atoms with Gasteiger partial charge < -0.3 is 5.73 Å². The second kappa shape index (κ2) is 9.68. The Balaban J connectivity index is 1.53. The first kappa shape index (κ1) is 22.9. The number of fused-ring (bicyclic) bond motifs is 1. The maximum absolute atomic E-state index is 8.39. The molecule has 2 aromatic heterocycles. The zero-order valence-corrected chi connectivity index (χ0v) is 19.8. The number of allylic oxidation sites excluding steroid dienone is 1. The number of aryl methyl sites for hydroxylation is 1. The van der Waals surface area contributed by atoms with Crippen LogP contribution in [0.4, 0.5) is 0 Å². The lowest BCUT2D eigenvalue weighted by Crippen LogP contribution is -2.52. The van der Waals surface area contributed by atoms with Gasteiger partial charge in [-0.3, -0.25) is 25.7 Å². The standard InChI is InChI=1S/C24H28N8S/c1-15(2)31-13-20(14-31)28-12-19(10-25)18-8-17-9-21(5-6-22(17)29-11-18)33-24(27)32-23(26)7-4-16(3)30-32/h4-12,15,20,26-27H,13-14,25H2,1-3H3. The second-order valence-electron chi connectivity index (χ2n) is 8.36. The second-order valence-corrected chi connectivity index (χ2v) is 9.42. The van der Waals surface area contributed by atoms with Gasteiger partial charge in [0, 0.05) is 59.2 Å². The van der Waals surface area contributed by atoms with Gasteiger partial charge in [0.05, 0.1) is 17.3 Å². The molecule has 0 radical (unpaired) electrons. The van der Waals surface area contributed by atoms with Crippen LogP contribution in [-0.2, 0) is 0 Å². The van der Waals surface area contributed by atoms with Gasteiger partial charge in [-0.2, -0.15) is 9.78 Å². The fourth-order valence-electron chi connectivity index (χ4n) is 3.56. The minimum absolute atomic E-state index is 0.165. The number of nitrogens with two attached hydrogens (primary N) is 1. The van der Waals surface area contributed by atoms with Crippen LogP contribution in [0.2, 0.25) is 0 Å². The first-order valence-electron chi connectivity index (χ1n) is 10.8. The van der Waals surface area contributed by atoms with Gasteiger partial charge in [0.25, 0.3) is 0 Å². The number of hydrogen-bond acceptors (Lipinski definition) is 8. The molecule has 33 heavy (non-hydrogen) atoms. The lowest BCUT2D eigenvalue weighted by molar-refractivity contribution is 0.114. The maximum atomic E-state index is 8.39. The van der Waals surface area contributed by atoms with Crippen molar-refractivity contribution < 1.29 is 0 Å². The van der Waals surface area contributed by atoms with Crippen LogP contribution in [0.1, 0.15) is 25.1 Å². The summed E-state index contributed by atoms with van der Waals surface area (Å²) in [5, 5.41) is 21.8. The number of nitrogens with zero attached hydrogens (tertiary/aromatic N) is 5. The summed E-state index contributed by atoms with van der Waals surface area (Å²) in [6.45, 7) is 8.18. The van der Waals surface area contributed by atoms with E-state index in [0.29, 0.717) is 12.1 Å². The molecule has 4 rings (SSSR count). The molecule has 0 saturated carbocycles. The van der Waals surface area contributed by atoms with Crippen molar-refractivity contribution in [2.45, 2.75) is 37.8 Å². The lowest BCUT2D eigenvalue weighted by Gasteiger charge is -2.39. The minimum Gasteiger partial charge on any atom is -0.404 e. The Labute approximate surface area is 197 Å². The van der Waals surface area contributed by atoms with Crippen molar-refractivity contribution in [3.8, 4) is 0 Å². The largest absolute Gasteiger partial charge is 0.404 e. The molecule has 1 saturated heterocycles. The van der Waals surface area contributed by atoms with Gasteiger partial charge in [0.1, 0.15) is 5.49 Å². The monoisotopic (exact) mass is 460 g/mol. The van der Waals surface area contributed by atoms with Crippen molar-refractivity contribution in [1.29, 1.82) is 10.8 Å². The van der Waals surface area contributed by atoms with E-state index in [1.54, 1.807) is 18.3 Å². The van der Waals surface area contributed by atoms with Gasteiger partial charge in [0.15, 0.2) is 5.17 Å². The molecule has 1 aliphatic heterocycles. The van der Waals surface area contributed by atoms with E-state index >= 15 is 0 Å². The predicted molar refractivity (Wildman–Crippen MR) is 135 cm³/mol. The molecule has 1 fully saturated rings. The zero-order chi connectivity index (χ0) is 23.5. The van der Waals surface area contributed by atoms with E-state index < -0.39 is 0 Å². The van der Waals surface area contributed by atoms with Crippen molar-refractivity contribution in [1.82, 2.24) is 19.7 Å². The average molecular weight is 461 g/mol. The van der Waals surface area contributed by atoms with Crippen LogP contribution in [0.25, 0.3) is 16.5 Å². The van der Waals surface area contributed by atoms with E-state index in [0.717, 1.165) is 45.7 Å². The number of aliphatic imine (C=N–C) groups is 1. The molecule has 170 valence electrons. The summed E-state index contributed by atoms with van der Waals surface area (Å²) in [6, 6.07) is 12.1. The summed E-state index contributed by atoms with van der Waals surface area (Å²) in [5.74, 6) is 0. The van der Waals surface area contributed by atoms with Crippen molar-refractivity contribution >= 4 is 39.6 Å². The number of pyridine rings is 1.